The molecule has 3 heterocycles. The number of sulfonamides is 1. The number of benzene rings is 1. The molecule has 1 fully saturated rings. The first kappa shape index (κ1) is 21.4. The Bertz CT molecular complexity index is 1180. The molecule has 0 saturated carbocycles. The summed E-state index contributed by atoms with van der Waals surface area (Å²) in [6.07, 6.45) is 6.23. The van der Waals surface area contributed by atoms with E-state index < -0.39 is 10.0 Å². The lowest BCUT2D eigenvalue weighted by Crippen LogP contribution is -2.39. The van der Waals surface area contributed by atoms with Gasteiger partial charge in [0.1, 0.15) is 5.82 Å². The van der Waals surface area contributed by atoms with Gasteiger partial charge in [0.2, 0.25) is 5.95 Å². The number of aryl methyl sites for hydroxylation is 1. The summed E-state index contributed by atoms with van der Waals surface area (Å²) in [6.45, 7) is 0.740. The molecule has 2 aromatic heterocycles. The standard InChI is InChI=1S/C21H25FN6O2S/c1-26(2)21-23-11-18(15-6-8-17(22)9-7-15)20(25-21)16-5-4-10-28(12-16)31(29,30)19-13-27(3)14-24-19/h6-9,11,13-14,16H,4-5,10,12H2,1-3H3/t16-/m0/s1. The zero-order chi connectivity index (χ0) is 22.2. The van der Waals surface area contributed by atoms with Crippen molar-refractivity contribution in [3.63, 3.8) is 0 Å². The molecule has 3 aromatic rings. The molecular formula is C21H25FN6O2S. The number of nitrogens with zero attached hydrogens (tertiary/aromatic N) is 6. The Hall–Kier alpha value is -2.85. The monoisotopic (exact) mass is 444 g/mol. The van der Waals surface area contributed by atoms with Crippen molar-refractivity contribution >= 4 is 16.0 Å². The van der Waals surface area contributed by atoms with Gasteiger partial charge in [0.05, 0.1) is 12.0 Å². The van der Waals surface area contributed by atoms with E-state index in [1.807, 2.05) is 19.0 Å². The van der Waals surface area contributed by atoms with Crippen LogP contribution in [0.3, 0.4) is 0 Å². The quantitative estimate of drug-likeness (QED) is 0.602. The van der Waals surface area contributed by atoms with E-state index in [2.05, 4.69) is 9.97 Å². The van der Waals surface area contributed by atoms with Gasteiger partial charge in [0.15, 0.2) is 5.03 Å². The number of imidazole rings is 1. The van der Waals surface area contributed by atoms with Crippen LogP contribution in [0, 0.1) is 5.82 Å². The molecule has 4 rings (SSSR count). The number of anilines is 1. The van der Waals surface area contributed by atoms with Gasteiger partial charge in [-0.05, 0) is 30.5 Å². The SMILES string of the molecule is CN(C)c1ncc(-c2ccc(F)cc2)c([C@H]2CCCN(S(=O)(=O)c3cn(C)cn3)C2)n1. The van der Waals surface area contributed by atoms with E-state index in [1.54, 1.807) is 29.9 Å². The second-order valence-corrected chi connectivity index (χ2v) is 9.83. The zero-order valence-electron chi connectivity index (χ0n) is 17.7. The maximum atomic E-state index is 13.5. The summed E-state index contributed by atoms with van der Waals surface area (Å²) in [4.78, 5) is 15.0. The van der Waals surface area contributed by atoms with Gasteiger partial charge in [-0.15, -0.1) is 0 Å². The van der Waals surface area contributed by atoms with Crippen molar-refractivity contribution in [1.82, 2.24) is 23.8 Å². The van der Waals surface area contributed by atoms with Gasteiger partial charge in [-0.1, -0.05) is 12.1 Å². The largest absolute Gasteiger partial charge is 0.347 e. The van der Waals surface area contributed by atoms with Crippen molar-refractivity contribution in [3.05, 3.63) is 54.5 Å². The molecule has 1 aliphatic rings. The molecule has 0 amide bonds. The van der Waals surface area contributed by atoms with E-state index in [0.717, 1.165) is 23.2 Å². The molecule has 0 bridgehead atoms. The van der Waals surface area contributed by atoms with Crippen LogP contribution in [0.15, 0.2) is 48.0 Å². The summed E-state index contributed by atoms with van der Waals surface area (Å²) in [5, 5.41) is 0.0473. The highest BCUT2D eigenvalue weighted by Gasteiger charge is 2.34. The van der Waals surface area contributed by atoms with Gasteiger partial charge in [-0.3, -0.25) is 0 Å². The molecular weight excluding hydrogens is 419 g/mol. The normalized spacial score (nSPS) is 17.6. The number of hydrogen-bond donors (Lipinski definition) is 0. The summed E-state index contributed by atoms with van der Waals surface area (Å²) >= 11 is 0. The molecule has 0 aliphatic carbocycles. The minimum absolute atomic E-state index is 0.0473. The van der Waals surface area contributed by atoms with Crippen molar-refractivity contribution < 1.29 is 12.8 Å². The van der Waals surface area contributed by atoms with Crippen LogP contribution in [-0.2, 0) is 17.1 Å². The van der Waals surface area contributed by atoms with Gasteiger partial charge in [-0.2, -0.15) is 4.31 Å². The molecule has 8 nitrogen and oxygen atoms in total. The lowest BCUT2D eigenvalue weighted by atomic mass is 9.91. The van der Waals surface area contributed by atoms with Gasteiger partial charge in [0.25, 0.3) is 10.0 Å². The number of hydrogen-bond acceptors (Lipinski definition) is 6. The molecule has 0 radical (unpaired) electrons. The van der Waals surface area contributed by atoms with Gasteiger partial charge in [0, 0.05) is 58.1 Å². The van der Waals surface area contributed by atoms with E-state index >= 15 is 0 Å². The van der Waals surface area contributed by atoms with Crippen LogP contribution in [0.4, 0.5) is 10.3 Å². The molecule has 0 N–H and O–H groups in total. The average molecular weight is 445 g/mol. The summed E-state index contributed by atoms with van der Waals surface area (Å²) < 4.78 is 42.8. The van der Waals surface area contributed by atoms with Crippen molar-refractivity contribution in [1.29, 1.82) is 0 Å². The molecule has 10 heteroatoms. The van der Waals surface area contributed by atoms with Crippen LogP contribution < -0.4 is 4.90 Å². The number of rotatable bonds is 5. The van der Waals surface area contributed by atoms with Crippen molar-refractivity contribution in [2.45, 2.75) is 23.8 Å². The van der Waals surface area contributed by atoms with Crippen LogP contribution >= 0.6 is 0 Å². The second-order valence-electron chi connectivity index (χ2n) is 7.95. The van der Waals surface area contributed by atoms with Crippen LogP contribution in [0.2, 0.25) is 0 Å². The van der Waals surface area contributed by atoms with Crippen LogP contribution in [0.25, 0.3) is 11.1 Å². The average Bonchev–Trinajstić information content (AvgIpc) is 3.21. The topological polar surface area (TPSA) is 84.2 Å². The first-order valence-electron chi connectivity index (χ1n) is 10.0. The Balaban J connectivity index is 1.72. The summed E-state index contributed by atoms with van der Waals surface area (Å²) in [6, 6.07) is 6.19. The number of piperidine rings is 1. The van der Waals surface area contributed by atoms with E-state index in [9.17, 15) is 12.8 Å². The Morgan fingerprint density at radius 1 is 1.16 bits per heavy atom. The highest BCUT2D eigenvalue weighted by Crippen LogP contribution is 2.35. The predicted octanol–water partition coefficient (Wildman–Crippen LogP) is 2.65. The maximum absolute atomic E-state index is 13.5. The molecule has 0 unspecified atom stereocenters. The smallest absolute Gasteiger partial charge is 0.262 e. The van der Waals surface area contributed by atoms with Crippen molar-refractivity contribution in [2.24, 2.45) is 7.05 Å². The summed E-state index contributed by atoms with van der Waals surface area (Å²) in [7, 11) is 1.76. The highest BCUT2D eigenvalue weighted by molar-refractivity contribution is 7.89. The van der Waals surface area contributed by atoms with E-state index in [0.29, 0.717) is 25.5 Å². The molecule has 1 atom stereocenters. The van der Waals surface area contributed by atoms with Gasteiger partial charge < -0.3 is 9.47 Å². The van der Waals surface area contributed by atoms with Gasteiger partial charge in [-0.25, -0.2) is 27.8 Å². The zero-order valence-corrected chi connectivity index (χ0v) is 18.5. The molecule has 164 valence electrons. The molecule has 0 spiro atoms. The first-order chi connectivity index (χ1) is 14.8. The molecule has 1 aromatic carbocycles. The fourth-order valence-corrected chi connectivity index (χ4v) is 5.29. The van der Waals surface area contributed by atoms with E-state index in [1.165, 1.54) is 29.0 Å². The Labute approximate surface area is 181 Å². The minimum Gasteiger partial charge on any atom is -0.347 e. The molecule has 1 saturated heterocycles. The Kier molecular flexibility index (Phi) is 5.76. The first-order valence-corrected chi connectivity index (χ1v) is 11.5. The third kappa shape index (κ3) is 4.31. The lowest BCUT2D eigenvalue weighted by Gasteiger charge is -2.32. The Morgan fingerprint density at radius 3 is 2.55 bits per heavy atom. The number of aromatic nitrogens is 4. The lowest BCUT2D eigenvalue weighted by molar-refractivity contribution is 0.312. The van der Waals surface area contributed by atoms with Crippen molar-refractivity contribution in [2.75, 3.05) is 32.1 Å². The molecule has 31 heavy (non-hydrogen) atoms. The van der Waals surface area contributed by atoms with E-state index in [-0.39, 0.29) is 16.8 Å². The van der Waals surface area contributed by atoms with Crippen molar-refractivity contribution in [3.8, 4) is 11.1 Å². The fraction of sp³-hybridized carbons (Fsp3) is 0.381. The third-order valence-corrected chi connectivity index (χ3v) is 7.17. The fourth-order valence-electron chi connectivity index (χ4n) is 3.80. The maximum Gasteiger partial charge on any atom is 0.262 e. The number of halogens is 1. The predicted molar refractivity (Wildman–Crippen MR) is 116 cm³/mol. The summed E-state index contributed by atoms with van der Waals surface area (Å²) in [5.74, 6) is 0.112. The Morgan fingerprint density at radius 2 is 1.90 bits per heavy atom. The van der Waals surface area contributed by atoms with E-state index in [4.69, 9.17) is 4.98 Å². The van der Waals surface area contributed by atoms with Crippen LogP contribution in [-0.4, -0.2) is 59.4 Å². The third-order valence-electron chi connectivity index (χ3n) is 5.42. The van der Waals surface area contributed by atoms with Crippen LogP contribution in [0.5, 0.6) is 0 Å². The minimum atomic E-state index is -3.69. The van der Waals surface area contributed by atoms with Crippen LogP contribution in [0.1, 0.15) is 24.5 Å². The highest BCUT2D eigenvalue weighted by atomic mass is 32.2. The van der Waals surface area contributed by atoms with Gasteiger partial charge >= 0.3 is 0 Å². The molecule has 1 aliphatic heterocycles. The second kappa shape index (κ2) is 8.35. The summed E-state index contributed by atoms with van der Waals surface area (Å²) in [5.41, 5.74) is 2.35.